The summed E-state index contributed by atoms with van der Waals surface area (Å²) < 4.78 is 1.62. The molecule has 1 aromatic heterocycles. The molecule has 0 saturated carbocycles. The van der Waals surface area contributed by atoms with Gasteiger partial charge in [-0.05, 0) is 24.6 Å². The molecule has 0 radical (unpaired) electrons. The van der Waals surface area contributed by atoms with Crippen molar-refractivity contribution in [1.29, 1.82) is 0 Å². The Morgan fingerprint density at radius 2 is 2.25 bits per heavy atom. The quantitative estimate of drug-likeness (QED) is 0.836. The Kier molecular flexibility index (Phi) is 4.84. The van der Waals surface area contributed by atoms with Crippen LogP contribution >= 0.6 is 0 Å². The number of anilines is 1. The van der Waals surface area contributed by atoms with Crippen molar-refractivity contribution in [3.63, 3.8) is 0 Å². The summed E-state index contributed by atoms with van der Waals surface area (Å²) in [6.07, 6.45) is 4.66. The number of para-hydroxylation sites is 2. The summed E-state index contributed by atoms with van der Waals surface area (Å²) in [7, 11) is 0. The molecular formula is C14H19N5O. The van der Waals surface area contributed by atoms with Crippen molar-refractivity contribution in [1.82, 2.24) is 15.0 Å². The molecular weight excluding hydrogens is 254 g/mol. The minimum Gasteiger partial charge on any atom is -0.330 e. The molecule has 0 fully saturated rings. The van der Waals surface area contributed by atoms with Gasteiger partial charge in [-0.1, -0.05) is 30.7 Å². The fraction of sp³-hybridized carbons (Fsp3) is 0.357. The van der Waals surface area contributed by atoms with Gasteiger partial charge in [0.25, 0.3) is 0 Å². The smallest absolute Gasteiger partial charge is 0.224 e. The first-order valence-electron chi connectivity index (χ1n) is 6.70. The average molecular weight is 273 g/mol. The van der Waals surface area contributed by atoms with Gasteiger partial charge in [-0.3, -0.25) is 4.79 Å². The number of benzene rings is 1. The zero-order valence-corrected chi connectivity index (χ0v) is 11.5. The molecule has 6 heteroatoms. The third kappa shape index (κ3) is 3.42. The minimum absolute atomic E-state index is 0.0325. The highest BCUT2D eigenvalue weighted by atomic mass is 16.1. The fourth-order valence-corrected chi connectivity index (χ4v) is 1.97. The van der Waals surface area contributed by atoms with Gasteiger partial charge in [0.1, 0.15) is 0 Å². The van der Waals surface area contributed by atoms with Gasteiger partial charge in [-0.15, -0.1) is 5.10 Å². The highest BCUT2D eigenvalue weighted by Gasteiger charge is 2.13. The Labute approximate surface area is 118 Å². The Bertz CT molecular complexity index is 548. The molecule has 0 aliphatic carbocycles. The maximum Gasteiger partial charge on any atom is 0.224 e. The number of aromatic nitrogens is 3. The number of nitrogens with one attached hydrogen (secondary N) is 1. The first-order chi connectivity index (χ1) is 9.74. The molecule has 106 valence electrons. The fourth-order valence-electron chi connectivity index (χ4n) is 1.97. The van der Waals surface area contributed by atoms with E-state index in [1.165, 1.54) is 0 Å². The zero-order chi connectivity index (χ0) is 14.4. The van der Waals surface area contributed by atoms with E-state index in [2.05, 4.69) is 15.6 Å². The van der Waals surface area contributed by atoms with E-state index < -0.39 is 0 Å². The summed E-state index contributed by atoms with van der Waals surface area (Å²) in [5.41, 5.74) is 7.14. The molecule has 6 nitrogen and oxygen atoms in total. The standard InChI is InChI=1S/C14H19N5O/c1-2-11(10-15)9-14(20)17-12-5-3-4-6-13(12)19-8-7-16-18-19/h3-8,11H,2,9-10,15H2,1H3,(H,17,20). The summed E-state index contributed by atoms with van der Waals surface area (Å²) in [6.45, 7) is 2.56. The molecule has 0 aliphatic heterocycles. The third-order valence-corrected chi connectivity index (χ3v) is 3.23. The summed E-state index contributed by atoms with van der Waals surface area (Å²) >= 11 is 0. The number of carbonyl (C=O) groups excluding carboxylic acids is 1. The summed E-state index contributed by atoms with van der Waals surface area (Å²) in [4.78, 5) is 12.1. The van der Waals surface area contributed by atoms with Crippen molar-refractivity contribution in [3.05, 3.63) is 36.7 Å². The molecule has 0 spiro atoms. The normalized spacial score (nSPS) is 12.1. The predicted octanol–water partition coefficient (Wildman–Crippen LogP) is 1.58. The van der Waals surface area contributed by atoms with E-state index in [0.29, 0.717) is 13.0 Å². The molecule has 2 rings (SSSR count). The lowest BCUT2D eigenvalue weighted by molar-refractivity contribution is -0.117. The maximum absolute atomic E-state index is 12.1. The summed E-state index contributed by atoms with van der Waals surface area (Å²) in [5.74, 6) is 0.184. The lowest BCUT2D eigenvalue weighted by Gasteiger charge is -2.14. The molecule has 1 aromatic carbocycles. The van der Waals surface area contributed by atoms with Crippen LogP contribution in [0, 0.1) is 5.92 Å². The topological polar surface area (TPSA) is 85.8 Å². The van der Waals surface area contributed by atoms with Crippen molar-refractivity contribution in [2.75, 3.05) is 11.9 Å². The van der Waals surface area contributed by atoms with E-state index in [-0.39, 0.29) is 11.8 Å². The third-order valence-electron chi connectivity index (χ3n) is 3.23. The summed E-state index contributed by atoms with van der Waals surface area (Å²) in [6, 6.07) is 7.49. The molecule has 1 amide bonds. The highest BCUT2D eigenvalue weighted by molar-refractivity contribution is 5.92. The second-order valence-electron chi connectivity index (χ2n) is 4.63. The van der Waals surface area contributed by atoms with Crippen LogP contribution in [-0.2, 0) is 4.79 Å². The van der Waals surface area contributed by atoms with Crippen LogP contribution < -0.4 is 11.1 Å². The van der Waals surface area contributed by atoms with E-state index in [9.17, 15) is 4.79 Å². The molecule has 2 aromatic rings. The number of rotatable bonds is 6. The summed E-state index contributed by atoms with van der Waals surface area (Å²) in [5, 5.41) is 10.6. The van der Waals surface area contributed by atoms with Crippen molar-refractivity contribution in [2.24, 2.45) is 11.7 Å². The van der Waals surface area contributed by atoms with Crippen LogP contribution in [0.3, 0.4) is 0 Å². The van der Waals surface area contributed by atoms with E-state index in [1.807, 2.05) is 31.2 Å². The van der Waals surface area contributed by atoms with Crippen LogP contribution in [0.15, 0.2) is 36.7 Å². The van der Waals surface area contributed by atoms with Crippen LogP contribution in [0.25, 0.3) is 5.69 Å². The molecule has 1 unspecified atom stereocenters. The van der Waals surface area contributed by atoms with Gasteiger partial charge in [0.05, 0.1) is 23.8 Å². The molecule has 3 N–H and O–H groups in total. The van der Waals surface area contributed by atoms with E-state index in [0.717, 1.165) is 17.8 Å². The van der Waals surface area contributed by atoms with Crippen LogP contribution in [0.5, 0.6) is 0 Å². The molecule has 0 aliphatic rings. The Hall–Kier alpha value is -2.21. The van der Waals surface area contributed by atoms with Crippen LogP contribution in [0.1, 0.15) is 19.8 Å². The van der Waals surface area contributed by atoms with Crippen LogP contribution in [0.2, 0.25) is 0 Å². The van der Waals surface area contributed by atoms with Crippen molar-refractivity contribution in [3.8, 4) is 5.69 Å². The Balaban J connectivity index is 2.12. The molecule has 0 bridgehead atoms. The number of amides is 1. The van der Waals surface area contributed by atoms with Crippen molar-refractivity contribution in [2.45, 2.75) is 19.8 Å². The average Bonchev–Trinajstić information content (AvgIpc) is 2.99. The SMILES string of the molecule is CCC(CN)CC(=O)Nc1ccccc1-n1ccnn1. The van der Waals surface area contributed by atoms with Gasteiger partial charge in [0.2, 0.25) is 5.91 Å². The number of hydrogen-bond acceptors (Lipinski definition) is 4. The van der Waals surface area contributed by atoms with Gasteiger partial charge in [-0.2, -0.15) is 0 Å². The van der Waals surface area contributed by atoms with Gasteiger partial charge in [-0.25, -0.2) is 4.68 Å². The Morgan fingerprint density at radius 1 is 1.45 bits per heavy atom. The van der Waals surface area contributed by atoms with Crippen molar-refractivity contribution < 1.29 is 4.79 Å². The second kappa shape index (κ2) is 6.81. The lowest BCUT2D eigenvalue weighted by atomic mass is 10.0. The maximum atomic E-state index is 12.1. The van der Waals surface area contributed by atoms with E-state index in [1.54, 1.807) is 17.1 Å². The Morgan fingerprint density at radius 3 is 2.90 bits per heavy atom. The monoisotopic (exact) mass is 273 g/mol. The van der Waals surface area contributed by atoms with E-state index in [4.69, 9.17) is 5.73 Å². The molecule has 20 heavy (non-hydrogen) atoms. The molecule has 1 heterocycles. The van der Waals surface area contributed by atoms with Crippen LogP contribution in [-0.4, -0.2) is 27.4 Å². The van der Waals surface area contributed by atoms with Gasteiger partial charge in [0.15, 0.2) is 0 Å². The molecule has 0 saturated heterocycles. The zero-order valence-electron chi connectivity index (χ0n) is 11.5. The van der Waals surface area contributed by atoms with Crippen molar-refractivity contribution >= 4 is 11.6 Å². The second-order valence-corrected chi connectivity index (χ2v) is 4.63. The lowest BCUT2D eigenvalue weighted by Crippen LogP contribution is -2.22. The highest BCUT2D eigenvalue weighted by Crippen LogP contribution is 2.19. The predicted molar refractivity (Wildman–Crippen MR) is 77.4 cm³/mol. The largest absolute Gasteiger partial charge is 0.330 e. The first kappa shape index (κ1) is 14.2. The minimum atomic E-state index is -0.0325. The number of hydrogen-bond donors (Lipinski definition) is 2. The number of nitrogens with zero attached hydrogens (tertiary/aromatic N) is 3. The molecule has 1 atom stereocenters. The van der Waals surface area contributed by atoms with E-state index >= 15 is 0 Å². The van der Waals surface area contributed by atoms with Gasteiger partial charge < -0.3 is 11.1 Å². The van der Waals surface area contributed by atoms with Gasteiger partial charge in [0, 0.05) is 6.42 Å². The number of carbonyl (C=O) groups is 1. The van der Waals surface area contributed by atoms with Gasteiger partial charge >= 0.3 is 0 Å². The first-order valence-corrected chi connectivity index (χ1v) is 6.70. The van der Waals surface area contributed by atoms with Crippen LogP contribution in [0.4, 0.5) is 5.69 Å². The number of nitrogens with two attached hydrogens (primary N) is 1.